The number of aliphatic hydroxyl groups excluding tert-OH is 1. The van der Waals surface area contributed by atoms with E-state index >= 15 is 0 Å². The number of ether oxygens (including phenoxy) is 1. The summed E-state index contributed by atoms with van der Waals surface area (Å²) in [4.78, 5) is 2.14. The highest BCUT2D eigenvalue weighted by atomic mass is 16.5. The fraction of sp³-hybridized carbons (Fsp3) is 0.818. The average molecular weight is 216 g/mol. The topological polar surface area (TPSA) is 44.7 Å². The van der Waals surface area contributed by atoms with Crippen molar-refractivity contribution in [1.29, 1.82) is 0 Å². The first-order valence-corrected chi connectivity index (χ1v) is 5.44. The Morgan fingerprint density at radius 3 is 2.73 bits per heavy atom. The summed E-state index contributed by atoms with van der Waals surface area (Å²) in [5.74, 6) is 0. The molecule has 0 aromatic carbocycles. The van der Waals surface area contributed by atoms with Gasteiger partial charge in [0.1, 0.15) is 0 Å². The van der Waals surface area contributed by atoms with Crippen LogP contribution in [0.3, 0.4) is 0 Å². The van der Waals surface area contributed by atoms with Crippen LogP contribution < -0.4 is 5.32 Å². The summed E-state index contributed by atoms with van der Waals surface area (Å²) in [6.07, 6.45) is 0. The van der Waals surface area contributed by atoms with Crippen molar-refractivity contribution in [3.8, 4) is 0 Å². The molecule has 90 valence electrons. The third-order valence-electron chi connectivity index (χ3n) is 2.10. The molecule has 4 heteroatoms. The lowest BCUT2D eigenvalue weighted by Crippen LogP contribution is -2.34. The van der Waals surface area contributed by atoms with E-state index in [2.05, 4.69) is 23.7 Å². The van der Waals surface area contributed by atoms with Crippen molar-refractivity contribution in [3.63, 3.8) is 0 Å². The van der Waals surface area contributed by atoms with Gasteiger partial charge in [0.05, 0.1) is 13.2 Å². The molecule has 0 aromatic rings. The maximum absolute atomic E-state index is 8.90. The zero-order valence-electron chi connectivity index (χ0n) is 9.96. The number of hydrogen-bond donors (Lipinski definition) is 2. The molecule has 0 heterocycles. The summed E-state index contributed by atoms with van der Waals surface area (Å²) in [6, 6.07) is 0. The minimum absolute atomic E-state index is 0.179. The van der Waals surface area contributed by atoms with Crippen LogP contribution in [0.15, 0.2) is 12.2 Å². The van der Waals surface area contributed by atoms with E-state index in [9.17, 15) is 0 Å². The first-order valence-electron chi connectivity index (χ1n) is 5.44. The van der Waals surface area contributed by atoms with Gasteiger partial charge in [0, 0.05) is 33.3 Å². The molecule has 15 heavy (non-hydrogen) atoms. The third-order valence-corrected chi connectivity index (χ3v) is 2.10. The van der Waals surface area contributed by atoms with E-state index in [4.69, 9.17) is 9.84 Å². The van der Waals surface area contributed by atoms with Crippen LogP contribution in [0.1, 0.15) is 6.92 Å². The van der Waals surface area contributed by atoms with Crippen molar-refractivity contribution in [3.05, 3.63) is 12.2 Å². The first-order chi connectivity index (χ1) is 7.24. The number of aliphatic hydroxyl groups is 1. The SMILES string of the molecule is C=C(CNCC)CN(CCO)CCOC. The highest BCUT2D eigenvalue weighted by Gasteiger charge is 2.05. The summed E-state index contributed by atoms with van der Waals surface area (Å²) in [5, 5.41) is 12.1. The standard InChI is InChI=1S/C11H24N2O2/c1-4-12-9-11(2)10-13(5-7-14)6-8-15-3/h12,14H,2,4-10H2,1,3H3. The summed E-state index contributed by atoms with van der Waals surface area (Å²) in [6.45, 7) is 11.1. The Morgan fingerprint density at radius 2 is 2.20 bits per heavy atom. The van der Waals surface area contributed by atoms with Crippen molar-refractivity contribution >= 4 is 0 Å². The molecule has 0 rings (SSSR count). The van der Waals surface area contributed by atoms with Gasteiger partial charge in [-0.3, -0.25) is 4.90 Å². The second kappa shape index (κ2) is 10.1. The fourth-order valence-corrected chi connectivity index (χ4v) is 1.31. The monoisotopic (exact) mass is 216 g/mol. The smallest absolute Gasteiger partial charge is 0.0589 e. The molecule has 0 saturated carbocycles. The number of nitrogens with one attached hydrogen (secondary N) is 1. The molecule has 0 aromatic heterocycles. The molecule has 0 radical (unpaired) electrons. The lowest BCUT2D eigenvalue weighted by atomic mass is 10.2. The third kappa shape index (κ3) is 8.57. The number of methoxy groups -OCH3 is 1. The van der Waals surface area contributed by atoms with Crippen molar-refractivity contribution in [2.24, 2.45) is 0 Å². The van der Waals surface area contributed by atoms with Crippen LogP contribution in [0.25, 0.3) is 0 Å². The summed E-state index contributed by atoms with van der Waals surface area (Å²) < 4.78 is 5.01. The molecule has 0 fully saturated rings. The molecule has 0 aliphatic carbocycles. The van der Waals surface area contributed by atoms with Crippen LogP contribution in [0.5, 0.6) is 0 Å². The van der Waals surface area contributed by atoms with Crippen LogP contribution in [0.4, 0.5) is 0 Å². The zero-order chi connectivity index (χ0) is 11.5. The molecular formula is C11H24N2O2. The number of nitrogens with zero attached hydrogens (tertiary/aromatic N) is 1. The Morgan fingerprint density at radius 1 is 1.47 bits per heavy atom. The van der Waals surface area contributed by atoms with Crippen LogP contribution in [0.2, 0.25) is 0 Å². The van der Waals surface area contributed by atoms with E-state index in [1.165, 1.54) is 0 Å². The quantitative estimate of drug-likeness (QED) is 0.508. The minimum Gasteiger partial charge on any atom is -0.395 e. The van der Waals surface area contributed by atoms with Crippen LogP contribution in [-0.4, -0.2) is 63.1 Å². The van der Waals surface area contributed by atoms with Crippen molar-refractivity contribution < 1.29 is 9.84 Å². The van der Waals surface area contributed by atoms with Crippen molar-refractivity contribution in [2.45, 2.75) is 6.92 Å². The highest BCUT2D eigenvalue weighted by molar-refractivity contribution is 4.99. The fourth-order valence-electron chi connectivity index (χ4n) is 1.31. The van der Waals surface area contributed by atoms with E-state index < -0.39 is 0 Å². The minimum atomic E-state index is 0.179. The van der Waals surface area contributed by atoms with Crippen LogP contribution >= 0.6 is 0 Å². The van der Waals surface area contributed by atoms with E-state index in [-0.39, 0.29) is 6.61 Å². The predicted octanol–water partition coefficient (Wildman–Crippen LogP) is 0.0928. The first kappa shape index (κ1) is 14.6. The largest absolute Gasteiger partial charge is 0.395 e. The van der Waals surface area contributed by atoms with Crippen LogP contribution in [0, 0.1) is 0 Å². The number of hydrogen-bond acceptors (Lipinski definition) is 4. The van der Waals surface area contributed by atoms with Gasteiger partial charge in [-0.1, -0.05) is 13.5 Å². The average Bonchev–Trinajstić information content (AvgIpc) is 2.23. The Kier molecular flexibility index (Phi) is 9.83. The van der Waals surface area contributed by atoms with E-state index in [0.29, 0.717) is 13.2 Å². The van der Waals surface area contributed by atoms with Gasteiger partial charge < -0.3 is 15.2 Å². The highest BCUT2D eigenvalue weighted by Crippen LogP contribution is 1.95. The second-order valence-electron chi connectivity index (χ2n) is 3.52. The molecular weight excluding hydrogens is 192 g/mol. The van der Waals surface area contributed by atoms with E-state index in [1.54, 1.807) is 7.11 Å². The lowest BCUT2D eigenvalue weighted by Gasteiger charge is -2.22. The Hall–Kier alpha value is -0.420. The van der Waals surface area contributed by atoms with Gasteiger partial charge in [-0.15, -0.1) is 0 Å². The van der Waals surface area contributed by atoms with Gasteiger partial charge in [-0.25, -0.2) is 0 Å². The lowest BCUT2D eigenvalue weighted by molar-refractivity contribution is 0.136. The maximum Gasteiger partial charge on any atom is 0.0589 e. The molecule has 0 aliphatic rings. The van der Waals surface area contributed by atoms with Crippen molar-refractivity contribution in [1.82, 2.24) is 10.2 Å². The van der Waals surface area contributed by atoms with Gasteiger partial charge in [-0.2, -0.15) is 0 Å². The normalized spacial score (nSPS) is 10.9. The van der Waals surface area contributed by atoms with Gasteiger partial charge in [-0.05, 0) is 12.1 Å². The molecule has 0 amide bonds. The number of rotatable bonds is 10. The molecule has 0 aliphatic heterocycles. The molecule has 0 saturated heterocycles. The van der Waals surface area contributed by atoms with Gasteiger partial charge in [0.15, 0.2) is 0 Å². The van der Waals surface area contributed by atoms with Crippen LogP contribution in [-0.2, 0) is 4.74 Å². The Bertz CT molecular complexity index is 163. The maximum atomic E-state index is 8.90. The molecule has 2 N–H and O–H groups in total. The number of likely N-dealkylation sites (N-methyl/N-ethyl adjacent to an activating group) is 1. The molecule has 0 atom stereocenters. The van der Waals surface area contributed by atoms with E-state index in [0.717, 1.165) is 31.8 Å². The van der Waals surface area contributed by atoms with Gasteiger partial charge in [0.25, 0.3) is 0 Å². The second-order valence-corrected chi connectivity index (χ2v) is 3.52. The Balaban J connectivity index is 3.76. The molecule has 0 bridgehead atoms. The summed E-state index contributed by atoms with van der Waals surface area (Å²) in [5.41, 5.74) is 1.14. The Labute approximate surface area is 92.9 Å². The molecule has 0 spiro atoms. The van der Waals surface area contributed by atoms with Crippen molar-refractivity contribution in [2.75, 3.05) is 53.0 Å². The molecule has 0 unspecified atom stereocenters. The zero-order valence-corrected chi connectivity index (χ0v) is 9.96. The van der Waals surface area contributed by atoms with Gasteiger partial charge >= 0.3 is 0 Å². The van der Waals surface area contributed by atoms with Gasteiger partial charge in [0.2, 0.25) is 0 Å². The molecule has 4 nitrogen and oxygen atoms in total. The summed E-state index contributed by atoms with van der Waals surface area (Å²) >= 11 is 0. The van der Waals surface area contributed by atoms with E-state index in [1.807, 2.05) is 0 Å². The predicted molar refractivity (Wildman–Crippen MR) is 63.1 cm³/mol. The summed E-state index contributed by atoms with van der Waals surface area (Å²) in [7, 11) is 1.69.